The molecule has 1 aliphatic heterocycles. The van der Waals surface area contributed by atoms with Crippen molar-refractivity contribution in [3.05, 3.63) is 96.1 Å². The normalized spacial score (nSPS) is 16.3. The van der Waals surface area contributed by atoms with Crippen molar-refractivity contribution in [2.75, 3.05) is 0 Å². The summed E-state index contributed by atoms with van der Waals surface area (Å²) < 4.78 is 13.0. The molecule has 114 valence electrons. The molecule has 0 saturated carbocycles. The molecular formula is C20H18O2Si. The highest BCUT2D eigenvalue weighted by molar-refractivity contribution is 6.92. The van der Waals surface area contributed by atoms with Crippen LogP contribution in [0.3, 0.4) is 0 Å². The van der Waals surface area contributed by atoms with E-state index in [4.69, 9.17) is 8.85 Å². The first-order chi connectivity index (χ1) is 11.4. The summed E-state index contributed by atoms with van der Waals surface area (Å²) >= 11 is 0. The van der Waals surface area contributed by atoms with Crippen LogP contribution in [0.15, 0.2) is 84.9 Å². The van der Waals surface area contributed by atoms with E-state index >= 15 is 0 Å². The minimum atomic E-state index is -2.68. The van der Waals surface area contributed by atoms with E-state index < -0.39 is 8.56 Å². The summed E-state index contributed by atoms with van der Waals surface area (Å²) in [6, 6.07) is 29.1. The molecule has 1 heterocycles. The summed E-state index contributed by atoms with van der Waals surface area (Å²) in [7, 11) is -2.68. The lowest BCUT2D eigenvalue weighted by Gasteiger charge is -2.29. The van der Waals surface area contributed by atoms with E-state index in [0.717, 1.165) is 10.4 Å². The molecule has 0 aromatic heterocycles. The van der Waals surface area contributed by atoms with E-state index in [9.17, 15) is 0 Å². The molecule has 0 atom stereocenters. The second kappa shape index (κ2) is 6.12. The maximum atomic E-state index is 6.51. The van der Waals surface area contributed by atoms with Crippen LogP contribution in [0.1, 0.15) is 11.1 Å². The summed E-state index contributed by atoms with van der Waals surface area (Å²) in [4.78, 5) is 0. The topological polar surface area (TPSA) is 18.5 Å². The van der Waals surface area contributed by atoms with Crippen molar-refractivity contribution in [3.8, 4) is 0 Å². The fourth-order valence-corrected chi connectivity index (χ4v) is 6.12. The first-order valence-corrected chi connectivity index (χ1v) is 9.66. The Kier molecular flexibility index (Phi) is 3.83. The lowest BCUT2D eigenvalue weighted by Crippen LogP contribution is -2.62. The molecule has 0 unspecified atom stereocenters. The monoisotopic (exact) mass is 318 g/mol. The van der Waals surface area contributed by atoms with Gasteiger partial charge in [-0.05, 0) is 21.5 Å². The molecule has 1 aliphatic rings. The van der Waals surface area contributed by atoms with E-state index in [1.165, 1.54) is 11.1 Å². The van der Waals surface area contributed by atoms with E-state index in [0.29, 0.717) is 13.2 Å². The summed E-state index contributed by atoms with van der Waals surface area (Å²) in [5, 5.41) is 2.30. The van der Waals surface area contributed by atoms with Gasteiger partial charge in [0.15, 0.2) is 0 Å². The van der Waals surface area contributed by atoms with Gasteiger partial charge in [0.25, 0.3) is 0 Å². The zero-order valence-corrected chi connectivity index (χ0v) is 13.8. The first-order valence-electron chi connectivity index (χ1n) is 7.84. The van der Waals surface area contributed by atoms with Gasteiger partial charge in [0.05, 0.1) is 13.2 Å². The minimum Gasteiger partial charge on any atom is -0.383 e. The van der Waals surface area contributed by atoms with Crippen molar-refractivity contribution in [2.45, 2.75) is 13.2 Å². The van der Waals surface area contributed by atoms with Crippen LogP contribution in [0.2, 0.25) is 0 Å². The Morgan fingerprint density at radius 3 is 1.35 bits per heavy atom. The Labute approximate surface area is 137 Å². The highest BCUT2D eigenvalue weighted by Crippen LogP contribution is 2.22. The average molecular weight is 318 g/mol. The molecule has 3 aromatic carbocycles. The third-order valence-corrected chi connectivity index (χ3v) is 7.58. The third-order valence-electron chi connectivity index (χ3n) is 4.29. The number of hydrogen-bond acceptors (Lipinski definition) is 2. The zero-order valence-electron chi connectivity index (χ0n) is 12.8. The smallest absolute Gasteiger partial charge is 0.383 e. The van der Waals surface area contributed by atoms with Gasteiger partial charge in [-0.1, -0.05) is 84.9 Å². The van der Waals surface area contributed by atoms with Gasteiger partial charge in [0, 0.05) is 0 Å². The van der Waals surface area contributed by atoms with Gasteiger partial charge in [-0.15, -0.1) is 0 Å². The molecule has 3 aromatic rings. The Morgan fingerprint density at radius 1 is 0.522 bits per heavy atom. The van der Waals surface area contributed by atoms with Gasteiger partial charge < -0.3 is 8.85 Å². The minimum absolute atomic E-state index is 0.589. The lowest BCUT2D eigenvalue weighted by atomic mass is 10.1. The van der Waals surface area contributed by atoms with Crippen LogP contribution in [-0.2, 0) is 22.1 Å². The van der Waals surface area contributed by atoms with Crippen LogP contribution < -0.4 is 10.4 Å². The van der Waals surface area contributed by atoms with Crippen LogP contribution in [0.25, 0.3) is 0 Å². The molecule has 4 rings (SSSR count). The molecule has 0 spiro atoms. The largest absolute Gasteiger partial charge is 0.407 e. The van der Waals surface area contributed by atoms with Gasteiger partial charge in [0.2, 0.25) is 0 Å². The summed E-state index contributed by atoms with van der Waals surface area (Å²) in [5.41, 5.74) is 2.43. The van der Waals surface area contributed by atoms with E-state index in [-0.39, 0.29) is 0 Å². The predicted molar refractivity (Wildman–Crippen MR) is 93.9 cm³/mol. The predicted octanol–water partition coefficient (Wildman–Crippen LogP) is 2.99. The molecule has 0 N–H and O–H groups in total. The van der Waals surface area contributed by atoms with Crippen molar-refractivity contribution in [1.29, 1.82) is 0 Å². The van der Waals surface area contributed by atoms with Crippen LogP contribution in [-0.4, -0.2) is 8.56 Å². The van der Waals surface area contributed by atoms with Crippen molar-refractivity contribution >= 4 is 18.9 Å². The van der Waals surface area contributed by atoms with Gasteiger partial charge in [0.1, 0.15) is 0 Å². The Balaban J connectivity index is 1.82. The van der Waals surface area contributed by atoms with Gasteiger partial charge in [-0.2, -0.15) is 0 Å². The fourth-order valence-electron chi connectivity index (χ4n) is 3.05. The van der Waals surface area contributed by atoms with Crippen molar-refractivity contribution in [3.63, 3.8) is 0 Å². The highest BCUT2D eigenvalue weighted by atomic mass is 28.4. The maximum absolute atomic E-state index is 6.51. The third kappa shape index (κ3) is 2.63. The van der Waals surface area contributed by atoms with E-state index in [1.807, 2.05) is 12.1 Å². The van der Waals surface area contributed by atoms with Crippen molar-refractivity contribution in [1.82, 2.24) is 0 Å². The van der Waals surface area contributed by atoms with Crippen LogP contribution in [0.4, 0.5) is 0 Å². The summed E-state index contributed by atoms with van der Waals surface area (Å²) in [6.45, 7) is 1.18. The van der Waals surface area contributed by atoms with Crippen LogP contribution in [0.5, 0.6) is 0 Å². The second-order valence-electron chi connectivity index (χ2n) is 5.69. The zero-order chi connectivity index (χ0) is 15.5. The quantitative estimate of drug-likeness (QED) is 0.676. The number of benzene rings is 3. The average Bonchev–Trinajstić information content (AvgIpc) is 2.84. The second-order valence-corrected chi connectivity index (χ2v) is 8.66. The Morgan fingerprint density at radius 2 is 0.913 bits per heavy atom. The first kappa shape index (κ1) is 14.4. The highest BCUT2D eigenvalue weighted by Gasteiger charge is 2.44. The Bertz CT molecular complexity index is 719. The molecule has 23 heavy (non-hydrogen) atoms. The molecule has 0 radical (unpaired) electrons. The molecule has 0 amide bonds. The lowest BCUT2D eigenvalue weighted by molar-refractivity contribution is 0.193. The van der Waals surface area contributed by atoms with Crippen molar-refractivity contribution < 1.29 is 8.85 Å². The van der Waals surface area contributed by atoms with Crippen LogP contribution in [0, 0.1) is 0 Å². The number of rotatable bonds is 2. The van der Waals surface area contributed by atoms with E-state index in [2.05, 4.69) is 72.8 Å². The number of fused-ring (bicyclic) bond motifs is 1. The molecule has 0 aliphatic carbocycles. The van der Waals surface area contributed by atoms with Gasteiger partial charge in [-0.3, -0.25) is 0 Å². The van der Waals surface area contributed by atoms with Crippen LogP contribution >= 0.6 is 0 Å². The molecule has 0 fully saturated rings. The van der Waals surface area contributed by atoms with Gasteiger partial charge in [-0.25, -0.2) is 0 Å². The summed E-state index contributed by atoms with van der Waals surface area (Å²) in [6.07, 6.45) is 0. The SMILES string of the molecule is c1ccc([Si]2(c3ccccc3)OCc3ccccc3CO2)cc1. The fraction of sp³-hybridized carbons (Fsp3) is 0.100. The molecule has 0 saturated heterocycles. The number of hydrogen-bond donors (Lipinski definition) is 0. The summed E-state index contributed by atoms with van der Waals surface area (Å²) in [5.74, 6) is 0. The van der Waals surface area contributed by atoms with E-state index in [1.54, 1.807) is 0 Å². The maximum Gasteiger partial charge on any atom is 0.407 e. The molecular weight excluding hydrogens is 300 g/mol. The molecule has 2 nitrogen and oxygen atoms in total. The van der Waals surface area contributed by atoms with Crippen molar-refractivity contribution in [2.24, 2.45) is 0 Å². The standard InChI is InChI=1S/C20H18O2Si/c1-3-11-19(12-4-1)23(20-13-5-2-6-14-20)21-15-17-9-7-8-10-18(17)16-22-23/h1-14H,15-16H2. The molecule has 3 heteroatoms. The van der Waals surface area contributed by atoms with Gasteiger partial charge >= 0.3 is 8.56 Å². The Hall–Kier alpha value is -2.20. The molecule has 0 bridgehead atoms.